The van der Waals surface area contributed by atoms with Crippen molar-refractivity contribution >= 4 is 28.3 Å². The number of aliphatic hydroxyl groups excluding tert-OH is 1. The van der Waals surface area contributed by atoms with Crippen LogP contribution < -0.4 is 10.6 Å². The third kappa shape index (κ3) is 4.12. The van der Waals surface area contributed by atoms with Crippen molar-refractivity contribution in [3.63, 3.8) is 0 Å². The lowest BCUT2D eigenvalue weighted by Crippen LogP contribution is -2.37. The summed E-state index contributed by atoms with van der Waals surface area (Å²) in [6.45, 7) is 3.13. The zero-order valence-electron chi connectivity index (χ0n) is 9.69. The van der Waals surface area contributed by atoms with E-state index < -0.39 is 0 Å². The number of aromatic nitrogens is 1. The van der Waals surface area contributed by atoms with Crippen LogP contribution in [0.4, 0.5) is 5.13 Å². The summed E-state index contributed by atoms with van der Waals surface area (Å²) in [5.41, 5.74) is 0.241. The van der Waals surface area contributed by atoms with Gasteiger partial charge in [-0.2, -0.15) is 0 Å². The Hall–Kier alpha value is -1.47. The minimum atomic E-state index is -0.348. The summed E-state index contributed by atoms with van der Waals surface area (Å²) in [7, 11) is 0. The van der Waals surface area contributed by atoms with Gasteiger partial charge in [0, 0.05) is 12.3 Å². The Kier molecular flexibility index (Phi) is 5.05. The molecule has 0 radical (unpaired) electrons. The monoisotopic (exact) mass is 257 g/mol. The average Bonchev–Trinajstić information content (AvgIpc) is 2.73. The number of carbonyl (C=O) groups is 2. The molecule has 1 unspecified atom stereocenters. The van der Waals surface area contributed by atoms with Crippen molar-refractivity contribution in [3.8, 4) is 0 Å². The number of hydrogen-bond acceptors (Lipinski definition) is 5. The number of rotatable bonds is 5. The van der Waals surface area contributed by atoms with Crippen molar-refractivity contribution < 1.29 is 14.7 Å². The molecule has 0 bridgehead atoms. The summed E-state index contributed by atoms with van der Waals surface area (Å²) in [6.07, 6.45) is 0.644. The zero-order valence-corrected chi connectivity index (χ0v) is 10.5. The molecule has 17 heavy (non-hydrogen) atoms. The highest BCUT2D eigenvalue weighted by Gasteiger charge is 2.14. The van der Waals surface area contributed by atoms with E-state index in [0.717, 1.165) is 0 Å². The Morgan fingerprint density at radius 2 is 2.29 bits per heavy atom. The van der Waals surface area contributed by atoms with E-state index in [1.54, 1.807) is 5.38 Å². The molecule has 0 saturated carbocycles. The first-order chi connectivity index (χ1) is 8.06. The second-order valence-corrected chi connectivity index (χ2v) is 4.34. The molecule has 94 valence electrons. The maximum atomic E-state index is 11.7. The van der Waals surface area contributed by atoms with Crippen molar-refractivity contribution in [2.24, 2.45) is 0 Å². The number of anilines is 1. The van der Waals surface area contributed by atoms with Crippen molar-refractivity contribution in [2.45, 2.75) is 26.3 Å². The summed E-state index contributed by atoms with van der Waals surface area (Å²) in [4.78, 5) is 26.4. The lowest BCUT2D eigenvalue weighted by molar-refractivity contribution is -0.114. The van der Waals surface area contributed by atoms with E-state index in [1.165, 1.54) is 18.3 Å². The molecule has 0 spiro atoms. The van der Waals surface area contributed by atoms with E-state index in [2.05, 4.69) is 15.6 Å². The highest BCUT2D eigenvalue weighted by Crippen LogP contribution is 2.15. The van der Waals surface area contributed by atoms with Crippen LogP contribution in [0.2, 0.25) is 0 Å². The predicted molar refractivity (Wildman–Crippen MR) is 65.0 cm³/mol. The van der Waals surface area contributed by atoms with Gasteiger partial charge in [-0.25, -0.2) is 4.98 Å². The second kappa shape index (κ2) is 6.31. The molecule has 1 aromatic heterocycles. The van der Waals surface area contributed by atoms with Crippen molar-refractivity contribution in [2.75, 3.05) is 11.9 Å². The molecule has 1 heterocycles. The van der Waals surface area contributed by atoms with Crippen LogP contribution in [0.3, 0.4) is 0 Å². The fourth-order valence-corrected chi connectivity index (χ4v) is 1.86. The first-order valence-corrected chi connectivity index (χ1v) is 6.09. The number of thiazole rings is 1. The van der Waals surface area contributed by atoms with E-state index >= 15 is 0 Å². The predicted octanol–water partition coefficient (Wildman–Crippen LogP) is 0.602. The third-order valence-electron chi connectivity index (χ3n) is 2.07. The van der Waals surface area contributed by atoms with Gasteiger partial charge in [0.05, 0.1) is 12.6 Å². The van der Waals surface area contributed by atoms with Crippen LogP contribution in [-0.4, -0.2) is 34.6 Å². The number of hydrogen-bond donors (Lipinski definition) is 3. The van der Waals surface area contributed by atoms with Gasteiger partial charge in [0.2, 0.25) is 5.91 Å². The number of aliphatic hydroxyl groups is 1. The Morgan fingerprint density at radius 1 is 1.59 bits per heavy atom. The van der Waals surface area contributed by atoms with Crippen molar-refractivity contribution in [1.29, 1.82) is 0 Å². The van der Waals surface area contributed by atoms with Gasteiger partial charge in [-0.05, 0) is 6.42 Å². The van der Waals surface area contributed by atoms with Crippen molar-refractivity contribution in [1.82, 2.24) is 10.3 Å². The molecule has 6 nitrogen and oxygen atoms in total. The van der Waals surface area contributed by atoms with Crippen molar-refractivity contribution in [3.05, 3.63) is 11.1 Å². The molecule has 0 aromatic carbocycles. The molecular weight excluding hydrogens is 242 g/mol. The van der Waals surface area contributed by atoms with Gasteiger partial charge in [0.25, 0.3) is 5.91 Å². The summed E-state index contributed by atoms with van der Waals surface area (Å²) in [5, 5.41) is 16.0. The first kappa shape index (κ1) is 13.6. The Morgan fingerprint density at radius 3 is 2.82 bits per heavy atom. The van der Waals surface area contributed by atoms with Crippen LogP contribution >= 0.6 is 11.3 Å². The Labute approximate surface area is 103 Å². The Balaban J connectivity index is 2.63. The molecule has 0 fully saturated rings. The number of nitrogens with zero attached hydrogens (tertiary/aromatic N) is 1. The van der Waals surface area contributed by atoms with Crippen LogP contribution in [0.25, 0.3) is 0 Å². The molecule has 1 aromatic rings. The quantitative estimate of drug-likeness (QED) is 0.720. The van der Waals surface area contributed by atoms with E-state index in [1.807, 2.05) is 6.92 Å². The fraction of sp³-hybridized carbons (Fsp3) is 0.500. The SMILES string of the molecule is CCC(CO)NC(=O)c1csc(NC(C)=O)n1. The second-order valence-electron chi connectivity index (χ2n) is 3.48. The van der Waals surface area contributed by atoms with Crippen LogP contribution in [0, 0.1) is 0 Å². The molecule has 2 amide bonds. The number of carbonyl (C=O) groups excluding carboxylic acids is 2. The summed E-state index contributed by atoms with van der Waals surface area (Å²) in [6, 6.07) is -0.270. The molecule has 1 atom stereocenters. The Bertz CT molecular complexity index is 401. The molecule has 0 aliphatic carbocycles. The first-order valence-electron chi connectivity index (χ1n) is 5.21. The van der Waals surface area contributed by atoms with Gasteiger partial charge in [-0.15, -0.1) is 11.3 Å². The molecular formula is C10H15N3O3S. The molecule has 0 aliphatic rings. The van der Waals surface area contributed by atoms with Gasteiger partial charge in [0.1, 0.15) is 5.69 Å². The summed E-state index contributed by atoms with van der Waals surface area (Å²) in [5.74, 6) is -0.577. The normalized spacial score (nSPS) is 11.9. The third-order valence-corrected chi connectivity index (χ3v) is 2.83. The zero-order chi connectivity index (χ0) is 12.8. The topological polar surface area (TPSA) is 91.3 Å². The van der Waals surface area contributed by atoms with Crippen LogP contribution in [-0.2, 0) is 4.79 Å². The maximum absolute atomic E-state index is 11.7. The molecule has 1 rings (SSSR count). The minimum absolute atomic E-state index is 0.106. The van der Waals surface area contributed by atoms with Gasteiger partial charge in [-0.1, -0.05) is 6.92 Å². The number of amides is 2. The van der Waals surface area contributed by atoms with E-state index in [9.17, 15) is 9.59 Å². The van der Waals surface area contributed by atoms with Crippen LogP contribution in [0.15, 0.2) is 5.38 Å². The number of nitrogens with one attached hydrogen (secondary N) is 2. The maximum Gasteiger partial charge on any atom is 0.271 e. The van der Waals surface area contributed by atoms with E-state index in [-0.39, 0.29) is 30.2 Å². The van der Waals surface area contributed by atoms with Gasteiger partial charge in [-0.3, -0.25) is 9.59 Å². The molecule has 3 N–H and O–H groups in total. The highest BCUT2D eigenvalue weighted by atomic mass is 32.1. The molecule has 7 heteroatoms. The van der Waals surface area contributed by atoms with Gasteiger partial charge < -0.3 is 15.7 Å². The van der Waals surface area contributed by atoms with E-state index in [4.69, 9.17) is 5.11 Å². The highest BCUT2D eigenvalue weighted by molar-refractivity contribution is 7.14. The lowest BCUT2D eigenvalue weighted by Gasteiger charge is -2.12. The van der Waals surface area contributed by atoms with Crippen LogP contribution in [0.1, 0.15) is 30.8 Å². The smallest absolute Gasteiger partial charge is 0.271 e. The van der Waals surface area contributed by atoms with Gasteiger partial charge >= 0.3 is 0 Å². The average molecular weight is 257 g/mol. The van der Waals surface area contributed by atoms with E-state index in [0.29, 0.717) is 11.6 Å². The fourth-order valence-electron chi connectivity index (χ4n) is 1.12. The summed E-state index contributed by atoms with van der Waals surface area (Å²) < 4.78 is 0. The van der Waals surface area contributed by atoms with Gasteiger partial charge in [0.15, 0.2) is 5.13 Å². The minimum Gasteiger partial charge on any atom is -0.394 e. The molecule has 0 saturated heterocycles. The van der Waals surface area contributed by atoms with Crippen LogP contribution in [0.5, 0.6) is 0 Å². The standard InChI is InChI=1S/C10H15N3O3S/c1-3-7(4-14)12-9(16)8-5-17-10(13-8)11-6(2)15/h5,7,14H,3-4H2,1-2H3,(H,12,16)(H,11,13,15). The summed E-state index contributed by atoms with van der Waals surface area (Å²) >= 11 is 1.18. The lowest BCUT2D eigenvalue weighted by atomic mass is 10.2. The molecule has 0 aliphatic heterocycles. The largest absolute Gasteiger partial charge is 0.394 e.